The SMILES string of the molecule is Cc1ccc(NC(=O)[C@H](C)NC(=O)C(C)(C)C)cc1I. The molecule has 20 heavy (non-hydrogen) atoms. The predicted octanol–water partition coefficient (Wildman–Crippen LogP) is 3.09. The highest BCUT2D eigenvalue weighted by molar-refractivity contribution is 14.1. The third-order valence-electron chi connectivity index (χ3n) is 2.86. The molecule has 0 unspecified atom stereocenters. The van der Waals surface area contributed by atoms with E-state index in [-0.39, 0.29) is 11.8 Å². The van der Waals surface area contributed by atoms with Crippen molar-refractivity contribution in [3.05, 3.63) is 27.3 Å². The minimum atomic E-state index is -0.569. The van der Waals surface area contributed by atoms with E-state index >= 15 is 0 Å². The molecule has 1 atom stereocenters. The Balaban J connectivity index is 2.66. The Kier molecular flexibility index (Phi) is 5.56. The second-order valence-electron chi connectivity index (χ2n) is 5.90. The first kappa shape index (κ1) is 16.9. The summed E-state index contributed by atoms with van der Waals surface area (Å²) in [6, 6.07) is 5.15. The van der Waals surface area contributed by atoms with Crippen molar-refractivity contribution in [3.8, 4) is 0 Å². The number of rotatable bonds is 3. The van der Waals surface area contributed by atoms with Gasteiger partial charge in [-0.2, -0.15) is 0 Å². The first-order chi connectivity index (χ1) is 9.11. The largest absolute Gasteiger partial charge is 0.344 e. The minimum absolute atomic E-state index is 0.140. The van der Waals surface area contributed by atoms with E-state index in [1.165, 1.54) is 0 Å². The van der Waals surface area contributed by atoms with Crippen molar-refractivity contribution in [1.82, 2.24) is 5.32 Å². The van der Waals surface area contributed by atoms with Gasteiger partial charge in [-0.05, 0) is 54.1 Å². The van der Waals surface area contributed by atoms with Gasteiger partial charge in [0.1, 0.15) is 6.04 Å². The molecule has 110 valence electrons. The van der Waals surface area contributed by atoms with E-state index in [1.54, 1.807) is 6.92 Å². The van der Waals surface area contributed by atoms with Crippen molar-refractivity contribution in [2.24, 2.45) is 5.41 Å². The first-order valence-electron chi connectivity index (χ1n) is 6.49. The van der Waals surface area contributed by atoms with Gasteiger partial charge < -0.3 is 10.6 Å². The Morgan fingerprint density at radius 3 is 2.35 bits per heavy atom. The number of amides is 2. The van der Waals surface area contributed by atoms with Crippen molar-refractivity contribution < 1.29 is 9.59 Å². The number of anilines is 1. The Bertz CT molecular complexity index is 521. The Labute approximate surface area is 133 Å². The molecule has 0 aliphatic heterocycles. The summed E-state index contributed by atoms with van der Waals surface area (Å²) in [6.45, 7) is 9.14. The summed E-state index contributed by atoms with van der Waals surface area (Å²) in [6.07, 6.45) is 0. The van der Waals surface area contributed by atoms with Gasteiger partial charge in [0.25, 0.3) is 0 Å². The number of carbonyl (C=O) groups is 2. The van der Waals surface area contributed by atoms with Crippen molar-refractivity contribution in [2.75, 3.05) is 5.32 Å². The molecule has 2 amide bonds. The van der Waals surface area contributed by atoms with Gasteiger partial charge in [-0.25, -0.2) is 0 Å². The zero-order valence-electron chi connectivity index (χ0n) is 12.5. The van der Waals surface area contributed by atoms with Crippen LogP contribution in [0.2, 0.25) is 0 Å². The Hall–Kier alpha value is -1.11. The standard InChI is InChI=1S/C15H21IN2O2/c1-9-6-7-11(8-12(9)16)18-13(19)10(2)17-14(20)15(3,4)5/h6-8,10H,1-5H3,(H,17,20)(H,18,19)/t10-/m0/s1. The minimum Gasteiger partial charge on any atom is -0.344 e. The molecule has 0 aromatic heterocycles. The summed E-state index contributed by atoms with van der Waals surface area (Å²) < 4.78 is 1.09. The lowest BCUT2D eigenvalue weighted by molar-refractivity contribution is -0.131. The van der Waals surface area contributed by atoms with E-state index in [9.17, 15) is 9.59 Å². The van der Waals surface area contributed by atoms with Crippen LogP contribution in [-0.4, -0.2) is 17.9 Å². The van der Waals surface area contributed by atoms with Gasteiger partial charge in [-0.15, -0.1) is 0 Å². The highest BCUT2D eigenvalue weighted by atomic mass is 127. The van der Waals surface area contributed by atoms with Crippen molar-refractivity contribution in [3.63, 3.8) is 0 Å². The Morgan fingerprint density at radius 1 is 1.25 bits per heavy atom. The maximum Gasteiger partial charge on any atom is 0.246 e. The third-order valence-corrected chi connectivity index (χ3v) is 4.02. The molecule has 0 saturated carbocycles. The lowest BCUT2D eigenvalue weighted by Gasteiger charge is -2.21. The fourth-order valence-corrected chi connectivity index (χ4v) is 1.92. The van der Waals surface area contributed by atoms with Gasteiger partial charge in [0, 0.05) is 14.7 Å². The monoisotopic (exact) mass is 388 g/mol. The van der Waals surface area contributed by atoms with E-state index in [0.717, 1.165) is 14.8 Å². The maximum absolute atomic E-state index is 12.0. The topological polar surface area (TPSA) is 58.2 Å². The zero-order valence-corrected chi connectivity index (χ0v) is 14.7. The molecule has 4 nitrogen and oxygen atoms in total. The van der Waals surface area contributed by atoms with Crippen molar-refractivity contribution in [2.45, 2.75) is 40.7 Å². The summed E-state index contributed by atoms with van der Waals surface area (Å²) in [5.41, 5.74) is 1.40. The zero-order chi connectivity index (χ0) is 15.5. The molecule has 0 aliphatic carbocycles. The number of aryl methyl sites for hydroxylation is 1. The van der Waals surface area contributed by atoms with Crippen LogP contribution in [0.15, 0.2) is 18.2 Å². The molecule has 1 rings (SSSR count). The van der Waals surface area contributed by atoms with Gasteiger partial charge in [0.05, 0.1) is 0 Å². The van der Waals surface area contributed by atoms with Crippen molar-refractivity contribution in [1.29, 1.82) is 0 Å². The second-order valence-corrected chi connectivity index (χ2v) is 7.06. The number of nitrogens with one attached hydrogen (secondary N) is 2. The van der Waals surface area contributed by atoms with Crippen LogP contribution in [0.25, 0.3) is 0 Å². The summed E-state index contributed by atoms with van der Waals surface area (Å²) in [5, 5.41) is 5.52. The molecule has 0 radical (unpaired) electrons. The second kappa shape index (κ2) is 6.56. The smallest absolute Gasteiger partial charge is 0.246 e. The molecule has 2 N–H and O–H groups in total. The van der Waals surface area contributed by atoms with Gasteiger partial charge >= 0.3 is 0 Å². The number of hydrogen-bond donors (Lipinski definition) is 2. The average Bonchev–Trinajstić information content (AvgIpc) is 2.32. The van der Waals surface area contributed by atoms with E-state index in [4.69, 9.17) is 0 Å². The summed E-state index contributed by atoms with van der Waals surface area (Å²) in [5.74, 6) is -0.360. The molecule has 5 heteroatoms. The summed E-state index contributed by atoms with van der Waals surface area (Å²) >= 11 is 2.22. The molecule has 0 heterocycles. The molecular weight excluding hydrogens is 367 g/mol. The number of halogens is 1. The highest BCUT2D eigenvalue weighted by Gasteiger charge is 2.25. The van der Waals surface area contributed by atoms with Crippen LogP contribution in [-0.2, 0) is 9.59 Å². The lowest BCUT2D eigenvalue weighted by atomic mass is 9.95. The first-order valence-corrected chi connectivity index (χ1v) is 7.57. The van der Waals surface area contributed by atoms with E-state index < -0.39 is 11.5 Å². The molecule has 1 aromatic rings. The normalized spacial score (nSPS) is 12.7. The van der Waals surface area contributed by atoms with E-state index in [1.807, 2.05) is 45.9 Å². The van der Waals surface area contributed by atoms with Gasteiger partial charge in [-0.1, -0.05) is 26.8 Å². The maximum atomic E-state index is 12.0. The number of benzene rings is 1. The molecule has 0 aliphatic rings. The summed E-state index contributed by atoms with van der Waals surface area (Å²) in [4.78, 5) is 23.9. The number of hydrogen-bond acceptors (Lipinski definition) is 2. The van der Waals surface area contributed by atoms with Gasteiger partial charge in [0.2, 0.25) is 11.8 Å². The van der Waals surface area contributed by atoms with E-state index in [2.05, 4.69) is 33.2 Å². The Morgan fingerprint density at radius 2 is 1.85 bits per heavy atom. The molecular formula is C15H21IN2O2. The van der Waals surface area contributed by atoms with Gasteiger partial charge in [-0.3, -0.25) is 9.59 Å². The quantitative estimate of drug-likeness (QED) is 0.782. The van der Waals surface area contributed by atoms with Crippen LogP contribution in [0.1, 0.15) is 33.3 Å². The lowest BCUT2D eigenvalue weighted by Crippen LogP contribution is -2.46. The predicted molar refractivity (Wildman–Crippen MR) is 89.6 cm³/mol. The fraction of sp³-hybridized carbons (Fsp3) is 0.467. The van der Waals surface area contributed by atoms with E-state index in [0.29, 0.717) is 0 Å². The molecule has 0 fully saturated rings. The van der Waals surface area contributed by atoms with Crippen LogP contribution in [0, 0.1) is 15.9 Å². The molecule has 0 saturated heterocycles. The highest BCUT2D eigenvalue weighted by Crippen LogP contribution is 2.17. The van der Waals surface area contributed by atoms with Crippen LogP contribution >= 0.6 is 22.6 Å². The van der Waals surface area contributed by atoms with Crippen LogP contribution in [0.3, 0.4) is 0 Å². The molecule has 1 aromatic carbocycles. The van der Waals surface area contributed by atoms with Crippen LogP contribution in [0.4, 0.5) is 5.69 Å². The van der Waals surface area contributed by atoms with Crippen LogP contribution in [0.5, 0.6) is 0 Å². The molecule has 0 bridgehead atoms. The van der Waals surface area contributed by atoms with Crippen molar-refractivity contribution >= 4 is 40.1 Å². The fourth-order valence-electron chi connectivity index (χ4n) is 1.40. The third kappa shape index (κ3) is 4.77. The molecule has 0 spiro atoms. The summed E-state index contributed by atoms with van der Waals surface area (Å²) in [7, 11) is 0. The average molecular weight is 388 g/mol. The number of carbonyl (C=O) groups excluding carboxylic acids is 2. The van der Waals surface area contributed by atoms with Gasteiger partial charge in [0.15, 0.2) is 0 Å². The van der Waals surface area contributed by atoms with Crippen LogP contribution < -0.4 is 10.6 Å².